The normalized spacial score (nSPS) is 18.2. The quantitative estimate of drug-likeness (QED) is 0.794. The Balaban J connectivity index is 1.36. The van der Waals surface area contributed by atoms with Crippen LogP contribution >= 0.6 is 0 Å². The summed E-state index contributed by atoms with van der Waals surface area (Å²) in [6.07, 6.45) is 4.52. The first-order valence-corrected chi connectivity index (χ1v) is 10.2. The van der Waals surface area contributed by atoms with Gasteiger partial charge in [0.05, 0.1) is 6.26 Å². The van der Waals surface area contributed by atoms with Crippen LogP contribution in [-0.2, 0) is 4.79 Å². The highest BCUT2D eigenvalue weighted by atomic mass is 16.3. The molecule has 1 saturated carbocycles. The molecule has 2 aromatic rings. The molecular formula is C23H28N2O3. The van der Waals surface area contributed by atoms with Crippen molar-refractivity contribution < 1.29 is 14.0 Å². The minimum atomic E-state index is -0.0944. The van der Waals surface area contributed by atoms with Gasteiger partial charge in [-0.1, -0.05) is 18.2 Å². The predicted octanol–water partition coefficient (Wildman–Crippen LogP) is 3.76. The van der Waals surface area contributed by atoms with Gasteiger partial charge in [-0.05, 0) is 67.3 Å². The van der Waals surface area contributed by atoms with Gasteiger partial charge in [0.1, 0.15) is 0 Å². The summed E-state index contributed by atoms with van der Waals surface area (Å²) in [7, 11) is 0. The third kappa shape index (κ3) is 3.98. The van der Waals surface area contributed by atoms with Gasteiger partial charge < -0.3 is 14.2 Å². The maximum absolute atomic E-state index is 13.0. The Labute approximate surface area is 166 Å². The molecule has 1 saturated heterocycles. The number of carbonyl (C=O) groups is 2. The minimum Gasteiger partial charge on any atom is -0.459 e. The summed E-state index contributed by atoms with van der Waals surface area (Å²) in [5, 5.41) is 0. The van der Waals surface area contributed by atoms with Gasteiger partial charge in [-0.15, -0.1) is 0 Å². The van der Waals surface area contributed by atoms with Crippen molar-refractivity contribution in [2.24, 2.45) is 5.92 Å². The van der Waals surface area contributed by atoms with Crippen molar-refractivity contribution in [2.45, 2.75) is 39.0 Å². The number of piperazine rings is 1. The topological polar surface area (TPSA) is 53.8 Å². The number of hydrogen-bond donors (Lipinski definition) is 0. The maximum Gasteiger partial charge on any atom is 0.289 e. The molecule has 4 rings (SSSR count). The number of hydrogen-bond acceptors (Lipinski definition) is 3. The Kier molecular flexibility index (Phi) is 5.25. The van der Waals surface area contributed by atoms with Crippen LogP contribution in [-0.4, -0.2) is 47.8 Å². The number of benzene rings is 1. The minimum absolute atomic E-state index is 0.0944. The van der Waals surface area contributed by atoms with Crippen LogP contribution in [0.3, 0.4) is 0 Å². The Morgan fingerprint density at radius 2 is 1.75 bits per heavy atom. The van der Waals surface area contributed by atoms with Crippen LogP contribution in [0.25, 0.3) is 0 Å². The highest BCUT2D eigenvalue weighted by Gasteiger charge is 2.35. The van der Waals surface area contributed by atoms with Crippen molar-refractivity contribution in [2.75, 3.05) is 26.2 Å². The summed E-state index contributed by atoms with van der Waals surface area (Å²) in [6, 6.07) is 10.0. The standard InChI is InChI=1S/C23H28N2O3/c1-16-5-6-19(14-17(16)2)20(18-7-8-18)15-22(26)24-9-11-25(12-10-24)23(27)21-4-3-13-28-21/h3-6,13-14,18,20H,7-12,15H2,1-2H3. The molecule has 2 amide bonds. The fourth-order valence-electron chi connectivity index (χ4n) is 4.08. The molecule has 1 unspecified atom stereocenters. The maximum atomic E-state index is 13.0. The van der Waals surface area contributed by atoms with Crippen LogP contribution in [0.15, 0.2) is 41.0 Å². The number of amides is 2. The van der Waals surface area contributed by atoms with Crippen LogP contribution in [0, 0.1) is 19.8 Å². The molecule has 2 fully saturated rings. The number of furan rings is 1. The van der Waals surface area contributed by atoms with Crippen LogP contribution in [0.1, 0.15) is 52.4 Å². The summed E-state index contributed by atoms with van der Waals surface area (Å²) >= 11 is 0. The smallest absolute Gasteiger partial charge is 0.289 e. The van der Waals surface area contributed by atoms with E-state index in [1.807, 2.05) is 4.90 Å². The van der Waals surface area contributed by atoms with Gasteiger partial charge in [-0.25, -0.2) is 0 Å². The van der Waals surface area contributed by atoms with E-state index in [1.165, 1.54) is 35.8 Å². The monoisotopic (exact) mass is 380 g/mol. The van der Waals surface area contributed by atoms with Gasteiger partial charge in [-0.3, -0.25) is 9.59 Å². The Morgan fingerprint density at radius 1 is 1.04 bits per heavy atom. The lowest BCUT2D eigenvalue weighted by Gasteiger charge is -2.35. The lowest BCUT2D eigenvalue weighted by atomic mass is 9.88. The number of aryl methyl sites for hydroxylation is 2. The first-order valence-electron chi connectivity index (χ1n) is 10.2. The van der Waals surface area contributed by atoms with E-state index in [0.29, 0.717) is 50.2 Å². The molecule has 2 aliphatic rings. The molecule has 1 aliphatic carbocycles. The van der Waals surface area contributed by atoms with Crippen molar-refractivity contribution in [3.63, 3.8) is 0 Å². The van der Waals surface area contributed by atoms with E-state index in [-0.39, 0.29) is 11.8 Å². The molecule has 148 valence electrons. The number of carbonyl (C=O) groups excluding carboxylic acids is 2. The fourth-order valence-corrected chi connectivity index (χ4v) is 4.08. The summed E-state index contributed by atoms with van der Waals surface area (Å²) < 4.78 is 5.20. The van der Waals surface area contributed by atoms with Crippen molar-refractivity contribution >= 4 is 11.8 Å². The third-order valence-electron chi connectivity index (χ3n) is 6.20. The third-order valence-corrected chi connectivity index (χ3v) is 6.20. The van der Waals surface area contributed by atoms with Crippen LogP contribution < -0.4 is 0 Å². The summed E-state index contributed by atoms with van der Waals surface area (Å²) in [6.45, 7) is 6.57. The van der Waals surface area contributed by atoms with E-state index >= 15 is 0 Å². The zero-order chi connectivity index (χ0) is 19.7. The van der Waals surface area contributed by atoms with Crippen molar-refractivity contribution in [3.8, 4) is 0 Å². The van der Waals surface area contributed by atoms with E-state index in [2.05, 4.69) is 32.0 Å². The molecule has 1 aromatic carbocycles. The van der Waals surface area contributed by atoms with E-state index < -0.39 is 0 Å². The second-order valence-corrected chi connectivity index (χ2v) is 8.14. The Bertz CT molecular complexity index is 847. The van der Waals surface area contributed by atoms with Gasteiger partial charge in [0.25, 0.3) is 5.91 Å². The average Bonchev–Trinajstić information content (AvgIpc) is 3.40. The molecule has 0 bridgehead atoms. The number of rotatable bonds is 5. The molecule has 0 spiro atoms. The van der Waals surface area contributed by atoms with Gasteiger partial charge in [-0.2, -0.15) is 0 Å². The lowest BCUT2D eigenvalue weighted by Crippen LogP contribution is -2.50. The highest BCUT2D eigenvalue weighted by molar-refractivity contribution is 5.91. The second-order valence-electron chi connectivity index (χ2n) is 8.14. The van der Waals surface area contributed by atoms with Crippen LogP contribution in [0.2, 0.25) is 0 Å². The van der Waals surface area contributed by atoms with Gasteiger partial charge in [0.15, 0.2) is 5.76 Å². The molecule has 1 atom stereocenters. The summed E-state index contributed by atoms with van der Waals surface area (Å²) in [5.41, 5.74) is 3.88. The summed E-state index contributed by atoms with van der Waals surface area (Å²) in [5.74, 6) is 1.43. The number of nitrogens with zero attached hydrogens (tertiary/aromatic N) is 2. The summed E-state index contributed by atoms with van der Waals surface area (Å²) in [4.78, 5) is 29.0. The molecule has 1 aliphatic heterocycles. The molecule has 0 N–H and O–H groups in total. The van der Waals surface area contributed by atoms with Crippen molar-refractivity contribution in [3.05, 3.63) is 59.0 Å². The van der Waals surface area contributed by atoms with Crippen molar-refractivity contribution in [1.82, 2.24) is 9.80 Å². The zero-order valence-electron chi connectivity index (χ0n) is 16.7. The zero-order valence-corrected chi connectivity index (χ0v) is 16.7. The lowest BCUT2D eigenvalue weighted by molar-refractivity contribution is -0.133. The molecule has 0 radical (unpaired) electrons. The molecule has 2 heterocycles. The molecule has 28 heavy (non-hydrogen) atoms. The fraction of sp³-hybridized carbons (Fsp3) is 0.478. The van der Waals surface area contributed by atoms with Crippen LogP contribution in [0.4, 0.5) is 0 Å². The van der Waals surface area contributed by atoms with Crippen molar-refractivity contribution in [1.29, 1.82) is 0 Å². The SMILES string of the molecule is Cc1ccc(C(CC(=O)N2CCN(C(=O)c3ccco3)CC2)C2CC2)cc1C. The average molecular weight is 380 g/mol. The Morgan fingerprint density at radius 3 is 2.36 bits per heavy atom. The molecule has 5 heteroatoms. The van der Waals surface area contributed by atoms with Gasteiger partial charge >= 0.3 is 0 Å². The molecule has 5 nitrogen and oxygen atoms in total. The van der Waals surface area contributed by atoms with Gasteiger partial charge in [0.2, 0.25) is 5.91 Å². The molecule has 1 aromatic heterocycles. The van der Waals surface area contributed by atoms with E-state index in [1.54, 1.807) is 17.0 Å². The highest BCUT2D eigenvalue weighted by Crippen LogP contribution is 2.45. The van der Waals surface area contributed by atoms with E-state index in [0.717, 1.165) is 0 Å². The first-order chi connectivity index (χ1) is 13.5. The molecular weight excluding hydrogens is 352 g/mol. The largest absolute Gasteiger partial charge is 0.459 e. The Hall–Kier alpha value is -2.56. The first kappa shape index (κ1) is 18.8. The van der Waals surface area contributed by atoms with Gasteiger partial charge in [0, 0.05) is 32.6 Å². The van der Waals surface area contributed by atoms with E-state index in [4.69, 9.17) is 4.42 Å². The van der Waals surface area contributed by atoms with Crippen LogP contribution in [0.5, 0.6) is 0 Å². The predicted molar refractivity (Wildman–Crippen MR) is 107 cm³/mol. The second kappa shape index (κ2) is 7.82. The van der Waals surface area contributed by atoms with E-state index in [9.17, 15) is 9.59 Å².